The second-order valence-corrected chi connectivity index (χ2v) is 8.73. The molecule has 3 rings (SSSR count). The van der Waals surface area contributed by atoms with Gasteiger partial charge in [0.2, 0.25) is 0 Å². The van der Waals surface area contributed by atoms with Crippen LogP contribution in [0.15, 0.2) is 76.1 Å². The fraction of sp³-hybridized carbons (Fsp3) is 0.0952. The number of hydrogen-bond acceptors (Lipinski definition) is 5. The van der Waals surface area contributed by atoms with Gasteiger partial charge < -0.3 is 14.8 Å². The Balaban J connectivity index is 1.88. The molecule has 0 spiro atoms. The van der Waals surface area contributed by atoms with Gasteiger partial charge in [-0.05, 0) is 60.7 Å². The average Bonchev–Trinajstić information content (AvgIpc) is 2.74. The standard InChI is InChI=1S/C21H19BrN2O5S/c1-28-18-9-6-16(7-10-18)24-30(26,27)20-13-17(8-11-19(20)29-2)23-21(25)14-4-3-5-15(22)12-14/h3-13,24H,1-2H3,(H,23,25). The van der Waals surface area contributed by atoms with Gasteiger partial charge in [-0.3, -0.25) is 9.52 Å². The molecule has 0 aliphatic carbocycles. The average molecular weight is 491 g/mol. The van der Waals surface area contributed by atoms with Crippen molar-refractivity contribution in [1.29, 1.82) is 0 Å². The van der Waals surface area contributed by atoms with Crippen LogP contribution in [0.25, 0.3) is 0 Å². The van der Waals surface area contributed by atoms with Crippen LogP contribution >= 0.6 is 15.9 Å². The summed E-state index contributed by atoms with van der Waals surface area (Å²) in [6, 6.07) is 17.7. The minimum Gasteiger partial charge on any atom is -0.497 e. The van der Waals surface area contributed by atoms with E-state index in [0.717, 1.165) is 4.47 Å². The van der Waals surface area contributed by atoms with Gasteiger partial charge in [0.25, 0.3) is 15.9 Å². The lowest BCUT2D eigenvalue weighted by Crippen LogP contribution is -2.16. The first-order valence-electron chi connectivity index (χ1n) is 8.74. The molecular weight excluding hydrogens is 472 g/mol. The molecule has 0 atom stereocenters. The van der Waals surface area contributed by atoms with Gasteiger partial charge in [-0.1, -0.05) is 22.0 Å². The monoisotopic (exact) mass is 490 g/mol. The molecule has 0 saturated carbocycles. The minimum atomic E-state index is -3.98. The molecule has 156 valence electrons. The SMILES string of the molecule is COc1ccc(NS(=O)(=O)c2cc(NC(=O)c3cccc(Br)c3)ccc2OC)cc1. The van der Waals surface area contributed by atoms with Gasteiger partial charge in [0, 0.05) is 21.4 Å². The van der Waals surface area contributed by atoms with E-state index in [4.69, 9.17) is 9.47 Å². The Kier molecular flexibility index (Phi) is 6.63. The summed E-state index contributed by atoms with van der Waals surface area (Å²) < 4.78 is 39.4. The van der Waals surface area contributed by atoms with Crippen molar-refractivity contribution >= 4 is 43.2 Å². The summed E-state index contributed by atoms with van der Waals surface area (Å²) in [5.74, 6) is 0.386. The van der Waals surface area contributed by atoms with Gasteiger partial charge in [-0.15, -0.1) is 0 Å². The Morgan fingerprint density at radius 2 is 1.60 bits per heavy atom. The summed E-state index contributed by atoms with van der Waals surface area (Å²) in [5.41, 5.74) is 1.11. The maximum absolute atomic E-state index is 12.9. The predicted octanol–water partition coefficient (Wildman–Crippen LogP) is 4.52. The van der Waals surface area contributed by atoms with Crippen molar-refractivity contribution in [3.05, 3.63) is 76.8 Å². The highest BCUT2D eigenvalue weighted by Crippen LogP contribution is 2.29. The van der Waals surface area contributed by atoms with Gasteiger partial charge in [-0.2, -0.15) is 0 Å². The van der Waals surface area contributed by atoms with E-state index in [1.807, 2.05) is 0 Å². The molecule has 0 aromatic heterocycles. The molecule has 0 unspecified atom stereocenters. The number of halogens is 1. The van der Waals surface area contributed by atoms with Crippen molar-refractivity contribution in [2.75, 3.05) is 24.3 Å². The Hall–Kier alpha value is -3.04. The Morgan fingerprint density at radius 3 is 2.23 bits per heavy atom. The maximum Gasteiger partial charge on any atom is 0.265 e. The third-order valence-electron chi connectivity index (χ3n) is 4.14. The first kappa shape index (κ1) is 21.7. The van der Waals surface area contributed by atoms with E-state index in [0.29, 0.717) is 22.7 Å². The van der Waals surface area contributed by atoms with Crippen LogP contribution in [0.4, 0.5) is 11.4 Å². The molecule has 9 heteroatoms. The molecule has 0 saturated heterocycles. The van der Waals surface area contributed by atoms with E-state index in [2.05, 4.69) is 26.0 Å². The molecule has 0 radical (unpaired) electrons. The fourth-order valence-corrected chi connectivity index (χ4v) is 4.32. The smallest absolute Gasteiger partial charge is 0.265 e. The lowest BCUT2D eigenvalue weighted by atomic mass is 10.2. The van der Waals surface area contributed by atoms with Gasteiger partial charge in [0.1, 0.15) is 16.4 Å². The zero-order valence-corrected chi connectivity index (χ0v) is 18.6. The highest BCUT2D eigenvalue weighted by molar-refractivity contribution is 9.10. The number of benzene rings is 3. The molecular formula is C21H19BrN2O5S. The molecule has 2 N–H and O–H groups in total. The van der Waals surface area contributed by atoms with E-state index >= 15 is 0 Å². The summed E-state index contributed by atoms with van der Waals surface area (Å²) in [6.45, 7) is 0. The molecule has 0 fully saturated rings. The molecule has 30 heavy (non-hydrogen) atoms. The Bertz CT molecular complexity index is 1160. The van der Waals surface area contributed by atoms with Crippen molar-refractivity contribution in [2.24, 2.45) is 0 Å². The van der Waals surface area contributed by atoms with Crippen LogP contribution in [-0.2, 0) is 10.0 Å². The summed E-state index contributed by atoms with van der Waals surface area (Å²) in [7, 11) is -1.08. The van der Waals surface area contributed by atoms with E-state index in [-0.39, 0.29) is 16.6 Å². The predicted molar refractivity (Wildman–Crippen MR) is 119 cm³/mol. The highest BCUT2D eigenvalue weighted by Gasteiger charge is 2.21. The zero-order chi connectivity index (χ0) is 21.7. The van der Waals surface area contributed by atoms with E-state index in [1.54, 1.807) is 54.6 Å². The lowest BCUT2D eigenvalue weighted by Gasteiger charge is -2.14. The minimum absolute atomic E-state index is 0.104. The van der Waals surface area contributed by atoms with Crippen molar-refractivity contribution < 1.29 is 22.7 Å². The summed E-state index contributed by atoms with van der Waals surface area (Å²) in [6.07, 6.45) is 0. The first-order valence-corrected chi connectivity index (χ1v) is 11.0. The van der Waals surface area contributed by atoms with Crippen LogP contribution in [0.1, 0.15) is 10.4 Å². The largest absolute Gasteiger partial charge is 0.497 e. The third-order valence-corrected chi connectivity index (χ3v) is 6.04. The molecule has 3 aromatic carbocycles. The third kappa shape index (κ3) is 5.11. The number of amides is 1. The summed E-state index contributed by atoms with van der Waals surface area (Å²) in [4.78, 5) is 12.4. The zero-order valence-electron chi connectivity index (χ0n) is 16.2. The van der Waals surface area contributed by atoms with Gasteiger partial charge >= 0.3 is 0 Å². The van der Waals surface area contributed by atoms with Crippen LogP contribution in [0, 0.1) is 0 Å². The van der Waals surface area contributed by atoms with Crippen molar-refractivity contribution in [3.8, 4) is 11.5 Å². The number of sulfonamides is 1. The first-order chi connectivity index (χ1) is 14.3. The topological polar surface area (TPSA) is 93.7 Å². The van der Waals surface area contributed by atoms with E-state index in [1.165, 1.54) is 26.4 Å². The van der Waals surface area contributed by atoms with Gasteiger partial charge in [0.15, 0.2) is 0 Å². The molecule has 0 heterocycles. The number of carbonyl (C=O) groups is 1. The van der Waals surface area contributed by atoms with Crippen molar-refractivity contribution in [1.82, 2.24) is 0 Å². The van der Waals surface area contributed by atoms with Crippen molar-refractivity contribution in [3.63, 3.8) is 0 Å². The Labute approximate surface area is 183 Å². The van der Waals surface area contributed by atoms with Gasteiger partial charge in [-0.25, -0.2) is 8.42 Å². The normalized spacial score (nSPS) is 10.9. The maximum atomic E-state index is 12.9. The Morgan fingerprint density at radius 1 is 0.900 bits per heavy atom. The number of anilines is 2. The van der Waals surface area contributed by atoms with Gasteiger partial charge in [0.05, 0.1) is 14.2 Å². The molecule has 0 bridgehead atoms. The molecule has 3 aromatic rings. The van der Waals surface area contributed by atoms with Crippen LogP contribution in [0.3, 0.4) is 0 Å². The van der Waals surface area contributed by atoms with E-state index in [9.17, 15) is 13.2 Å². The van der Waals surface area contributed by atoms with Crippen LogP contribution < -0.4 is 19.5 Å². The second-order valence-electron chi connectivity index (χ2n) is 6.16. The van der Waals surface area contributed by atoms with Crippen LogP contribution in [0.2, 0.25) is 0 Å². The fourth-order valence-electron chi connectivity index (χ4n) is 2.67. The molecule has 0 aliphatic heterocycles. The van der Waals surface area contributed by atoms with E-state index < -0.39 is 10.0 Å². The van der Waals surface area contributed by atoms with Crippen LogP contribution in [-0.4, -0.2) is 28.5 Å². The second kappa shape index (κ2) is 9.19. The van der Waals surface area contributed by atoms with Crippen LogP contribution in [0.5, 0.6) is 11.5 Å². The molecule has 7 nitrogen and oxygen atoms in total. The number of hydrogen-bond donors (Lipinski definition) is 2. The number of methoxy groups -OCH3 is 2. The summed E-state index contributed by atoms with van der Waals surface area (Å²) >= 11 is 3.32. The molecule has 0 aliphatic rings. The molecule has 1 amide bonds. The number of nitrogens with one attached hydrogen (secondary N) is 2. The number of carbonyl (C=O) groups excluding carboxylic acids is 1. The number of rotatable bonds is 7. The highest BCUT2D eigenvalue weighted by atomic mass is 79.9. The summed E-state index contributed by atoms with van der Waals surface area (Å²) in [5, 5.41) is 2.70. The number of ether oxygens (including phenoxy) is 2. The van der Waals surface area contributed by atoms with Crippen molar-refractivity contribution in [2.45, 2.75) is 4.90 Å². The quantitative estimate of drug-likeness (QED) is 0.507. The lowest BCUT2D eigenvalue weighted by molar-refractivity contribution is 0.102.